The van der Waals surface area contributed by atoms with Crippen LogP contribution in [0.1, 0.15) is 60.8 Å². The van der Waals surface area contributed by atoms with Crippen LogP contribution >= 0.6 is 0 Å². The summed E-state index contributed by atoms with van der Waals surface area (Å²) in [7, 11) is 0. The highest BCUT2D eigenvalue weighted by Gasteiger charge is 2.35. The summed E-state index contributed by atoms with van der Waals surface area (Å²) in [6, 6.07) is 13.7. The van der Waals surface area contributed by atoms with E-state index in [0.717, 1.165) is 36.8 Å². The summed E-state index contributed by atoms with van der Waals surface area (Å²) in [5, 5.41) is 13.9. The van der Waals surface area contributed by atoms with Crippen LogP contribution in [-0.2, 0) is 16.1 Å². The van der Waals surface area contributed by atoms with Crippen LogP contribution in [0.3, 0.4) is 0 Å². The molecule has 1 N–H and O–H groups in total. The lowest BCUT2D eigenvalue weighted by molar-refractivity contribution is -0.139. The van der Waals surface area contributed by atoms with Gasteiger partial charge in [-0.2, -0.15) is 0 Å². The predicted molar refractivity (Wildman–Crippen MR) is 122 cm³/mol. The number of aromatic nitrogens is 4. The molecular formula is C25H27FN6O2. The van der Waals surface area contributed by atoms with Crippen LogP contribution in [0, 0.1) is 5.82 Å². The third kappa shape index (κ3) is 4.55. The van der Waals surface area contributed by atoms with Gasteiger partial charge in [-0.15, -0.1) is 5.10 Å². The smallest absolute Gasteiger partial charge is 0.245 e. The molecule has 9 heteroatoms. The highest BCUT2D eigenvalue weighted by molar-refractivity contribution is 5.88. The number of benzene rings is 2. The third-order valence-electron chi connectivity index (χ3n) is 6.89. The minimum absolute atomic E-state index is 0.0211. The molecule has 1 saturated carbocycles. The second-order valence-corrected chi connectivity index (χ2v) is 9.01. The van der Waals surface area contributed by atoms with E-state index in [-0.39, 0.29) is 30.1 Å². The van der Waals surface area contributed by atoms with Crippen molar-refractivity contribution in [3.8, 4) is 0 Å². The van der Waals surface area contributed by atoms with Crippen molar-refractivity contribution in [2.75, 3.05) is 6.54 Å². The maximum absolute atomic E-state index is 15.0. The first-order valence-electron chi connectivity index (χ1n) is 11.7. The summed E-state index contributed by atoms with van der Waals surface area (Å²) in [6.45, 7) is 0.479. The number of carbonyl (C=O) groups is 2. The molecule has 0 radical (unpaired) electrons. The lowest BCUT2D eigenvalue weighted by atomic mass is 9.79. The molecular weight excluding hydrogens is 435 g/mol. The first-order valence-corrected chi connectivity index (χ1v) is 11.7. The quantitative estimate of drug-likeness (QED) is 0.583. The van der Waals surface area contributed by atoms with Gasteiger partial charge in [0.15, 0.2) is 0 Å². The fourth-order valence-electron chi connectivity index (χ4n) is 4.84. The predicted octanol–water partition coefficient (Wildman–Crippen LogP) is 2.98. The number of tetrazole rings is 1. The maximum atomic E-state index is 15.0. The van der Waals surface area contributed by atoms with Crippen molar-refractivity contribution in [3.63, 3.8) is 0 Å². The van der Waals surface area contributed by atoms with Gasteiger partial charge < -0.3 is 10.2 Å². The minimum Gasteiger partial charge on any atom is -0.343 e. The van der Waals surface area contributed by atoms with Crippen LogP contribution in [0.25, 0.3) is 0 Å². The Morgan fingerprint density at radius 3 is 2.56 bits per heavy atom. The van der Waals surface area contributed by atoms with E-state index in [2.05, 4.69) is 20.8 Å². The van der Waals surface area contributed by atoms with Crippen LogP contribution in [-0.4, -0.2) is 49.5 Å². The molecule has 3 aromatic rings. The molecule has 1 aliphatic carbocycles. The van der Waals surface area contributed by atoms with Gasteiger partial charge in [-0.3, -0.25) is 9.59 Å². The van der Waals surface area contributed by atoms with E-state index in [1.165, 1.54) is 11.0 Å². The van der Waals surface area contributed by atoms with Crippen molar-refractivity contribution in [3.05, 3.63) is 77.4 Å². The molecule has 2 atom stereocenters. The van der Waals surface area contributed by atoms with Gasteiger partial charge >= 0.3 is 0 Å². The largest absolute Gasteiger partial charge is 0.343 e. The lowest BCUT2D eigenvalue weighted by Gasteiger charge is -2.28. The van der Waals surface area contributed by atoms with Crippen LogP contribution in [0.4, 0.5) is 4.39 Å². The van der Waals surface area contributed by atoms with Gasteiger partial charge in [0.1, 0.15) is 24.7 Å². The Hall–Kier alpha value is -3.62. The molecule has 5 rings (SSSR count). The Kier molecular flexibility index (Phi) is 6.33. The van der Waals surface area contributed by atoms with E-state index in [1.54, 1.807) is 11.0 Å². The molecule has 2 aliphatic rings. The van der Waals surface area contributed by atoms with Gasteiger partial charge in [-0.05, 0) is 64.8 Å². The number of halogens is 1. The van der Waals surface area contributed by atoms with Gasteiger partial charge in [0.05, 0.1) is 6.04 Å². The van der Waals surface area contributed by atoms with Crippen molar-refractivity contribution >= 4 is 11.8 Å². The van der Waals surface area contributed by atoms with Crippen LogP contribution in [0.15, 0.2) is 54.9 Å². The summed E-state index contributed by atoms with van der Waals surface area (Å²) in [4.78, 5) is 27.8. The lowest BCUT2D eigenvalue weighted by Crippen LogP contribution is -2.48. The highest BCUT2D eigenvalue weighted by Crippen LogP contribution is 2.38. The van der Waals surface area contributed by atoms with Gasteiger partial charge in [0.2, 0.25) is 11.8 Å². The molecule has 1 aliphatic heterocycles. The van der Waals surface area contributed by atoms with E-state index in [1.807, 2.05) is 42.5 Å². The SMILES string of the molecule is O=C(NC(c1ccccc1)c1ccc(C2CCC2)c(F)c1)[C@@H]1CCCN1C(=O)Cn1cnnn1. The average Bonchev–Trinajstić information content (AvgIpc) is 3.50. The summed E-state index contributed by atoms with van der Waals surface area (Å²) in [5.41, 5.74) is 2.30. The van der Waals surface area contributed by atoms with E-state index in [0.29, 0.717) is 18.5 Å². The number of likely N-dealkylation sites (tertiary alicyclic amines) is 1. The third-order valence-corrected chi connectivity index (χ3v) is 6.89. The summed E-state index contributed by atoms with van der Waals surface area (Å²) < 4.78 is 16.3. The Bertz CT molecular complexity index is 1150. The molecule has 1 saturated heterocycles. The first kappa shape index (κ1) is 22.2. The average molecular weight is 463 g/mol. The van der Waals surface area contributed by atoms with E-state index in [9.17, 15) is 9.59 Å². The Balaban J connectivity index is 1.36. The molecule has 0 spiro atoms. The van der Waals surface area contributed by atoms with Crippen LogP contribution in [0.2, 0.25) is 0 Å². The molecule has 2 aromatic carbocycles. The highest BCUT2D eigenvalue weighted by atomic mass is 19.1. The Labute approximate surface area is 197 Å². The van der Waals surface area contributed by atoms with Crippen LogP contribution in [0.5, 0.6) is 0 Å². The first-order chi connectivity index (χ1) is 16.6. The molecule has 2 heterocycles. The number of hydrogen-bond donors (Lipinski definition) is 1. The topological polar surface area (TPSA) is 93.0 Å². The molecule has 0 bridgehead atoms. The second kappa shape index (κ2) is 9.70. The Morgan fingerprint density at radius 1 is 1.06 bits per heavy atom. The summed E-state index contributed by atoms with van der Waals surface area (Å²) in [5.74, 6) is -0.398. The van der Waals surface area contributed by atoms with E-state index >= 15 is 4.39 Å². The maximum Gasteiger partial charge on any atom is 0.245 e. The van der Waals surface area contributed by atoms with Gasteiger partial charge in [-0.1, -0.05) is 48.9 Å². The monoisotopic (exact) mass is 462 g/mol. The number of carbonyl (C=O) groups excluding carboxylic acids is 2. The normalized spacial score (nSPS) is 19.0. The molecule has 8 nitrogen and oxygen atoms in total. The van der Waals surface area contributed by atoms with Gasteiger partial charge in [0, 0.05) is 6.54 Å². The van der Waals surface area contributed by atoms with Crippen molar-refractivity contribution < 1.29 is 14.0 Å². The minimum atomic E-state index is -0.589. The molecule has 1 aromatic heterocycles. The fraction of sp³-hybridized carbons (Fsp3) is 0.400. The number of nitrogens with one attached hydrogen (secondary N) is 1. The fourth-order valence-corrected chi connectivity index (χ4v) is 4.84. The molecule has 2 amide bonds. The van der Waals surface area contributed by atoms with Gasteiger partial charge in [0.25, 0.3) is 0 Å². The summed E-state index contributed by atoms with van der Waals surface area (Å²) in [6.07, 6.45) is 5.86. The van der Waals surface area contributed by atoms with E-state index < -0.39 is 12.1 Å². The molecule has 2 fully saturated rings. The van der Waals surface area contributed by atoms with Gasteiger partial charge in [-0.25, -0.2) is 9.07 Å². The standard InChI is InChI=1S/C25H27FN6O2/c26-21-14-19(11-12-20(21)17-8-4-9-17)24(18-6-2-1-3-7-18)28-25(34)22-10-5-13-32(22)23(33)15-31-16-27-29-30-31/h1-3,6-7,11-12,14,16-17,22,24H,4-5,8-10,13,15H2,(H,28,34)/t22-,24?/m0/s1. The van der Waals surface area contributed by atoms with Crippen molar-refractivity contribution in [2.24, 2.45) is 0 Å². The second-order valence-electron chi connectivity index (χ2n) is 9.01. The van der Waals surface area contributed by atoms with Crippen molar-refractivity contribution in [1.29, 1.82) is 0 Å². The Morgan fingerprint density at radius 2 is 1.88 bits per heavy atom. The van der Waals surface area contributed by atoms with Crippen LogP contribution < -0.4 is 5.32 Å². The van der Waals surface area contributed by atoms with E-state index in [4.69, 9.17) is 0 Å². The van der Waals surface area contributed by atoms with Crippen molar-refractivity contribution in [1.82, 2.24) is 30.4 Å². The molecule has 176 valence electrons. The zero-order valence-corrected chi connectivity index (χ0v) is 18.8. The van der Waals surface area contributed by atoms with Crippen molar-refractivity contribution in [2.45, 2.75) is 56.7 Å². The number of rotatable bonds is 7. The number of hydrogen-bond acceptors (Lipinski definition) is 5. The summed E-state index contributed by atoms with van der Waals surface area (Å²) >= 11 is 0. The molecule has 1 unspecified atom stereocenters. The zero-order chi connectivity index (χ0) is 23.5. The zero-order valence-electron chi connectivity index (χ0n) is 18.8. The number of nitrogens with zero attached hydrogens (tertiary/aromatic N) is 5. The number of amides is 2. The molecule has 34 heavy (non-hydrogen) atoms.